The van der Waals surface area contributed by atoms with Crippen LogP contribution in [0.2, 0.25) is 5.02 Å². The average molecular weight is 633 g/mol. The van der Waals surface area contributed by atoms with Crippen molar-refractivity contribution < 1.29 is 19.1 Å². The van der Waals surface area contributed by atoms with Crippen LogP contribution >= 0.6 is 11.6 Å². The van der Waals surface area contributed by atoms with Crippen LogP contribution in [0, 0.1) is 5.92 Å². The summed E-state index contributed by atoms with van der Waals surface area (Å²) in [6, 6.07) is 5.99. The Labute approximate surface area is 269 Å². The lowest BCUT2D eigenvalue weighted by atomic mass is 9.94. The molecule has 2 amide bonds. The maximum atomic E-state index is 11.3. The van der Waals surface area contributed by atoms with E-state index in [2.05, 4.69) is 46.5 Å². The molecule has 0 radical (unpaired) electrons. The number of nitrogens with one attached hydrogen (secondary N) is 2. The summed E-state index contributed by atoms with van der Waals surface area (Å²) < 4.78 is 11.6. The molecular formula is C33H53ClN6O4. The van der Waals surface area contributed by atoms with Crippen molar-refractivity contribution in [2.75, 3.05) is 39.9 Å². The third kappa shape index (κ3) is 18.1. The number of aromatic nitrogens is 2. The monoisotopic (exact) mass is 632 g/mol. The standard InChI is InChI=1S/C14H17Cl.C8H13N3O2.C8H16N2O2.C3H7N/c1-5-11(4)8-12-6-7-13(15)9-14(12)10(2)3;1-11-6-9-3-7(11)4-10-8(12)5-13-2;1-7(2)12-8(11)10-5-3-9-4-6-10;1-2-3-4/h5-7,9,11H,1-2,8H2,3-4H3;3,6H,4-5H2,1-2H3,(H,10,12);7,9H,3-6H2,1-2H3;2-3H,4H2,1H3/b;;;3-2-. The number of aryl methyl sites for hydroxylation is 1. The number of ether oxygens (including phenoxy) is 2. The van der Waals surface area contributed by atoms with Crippen molar-refractivity contribution in [3.63, 3.8) is 0 Å². The van der Waals surface area contributed by atoms with Gasteiger partial charge < -0.3 is 35.3 Å². The molecule has 11 heteroatoms. The number of hydrogen-bond acceptors (Lipinski definition) is 7. The van der Waals surface area contributed by atoms with Gasteiger partial charge in [0.25, 0.3) is 0 Å². The molecule has 0 bridgehead atoms. The van der Waals surface area contributed by atoms with Crippen LogP contribution in [-0.2, 0) is 34.3 Å². The second-order valence-corrected chi connectivity index (χ2v) is 10.8. The second kappa shape index (κ2) is 23.8. The fraction of sp³-hybridized carbons (Fsp3) is 0.485. The highest BCUT2D eigenvalue weighted by Crippen LogP contribution is 2.24. The molecule has 10 nitrogen and oxygen atoms in total. The molecule has 3 rings (SSSR count). The van der Waals surface area contributed by atoms with Gasteiger partial charge in [0.05, 0.1) is 24.7 Å². The number of benzene rings is 1. The summed E-state index contributed by atoms with van der Waals surface area (Å²) in [6.07, 6.45) is 9.43. The lowest BCUT2D eigenvalue weighted by Crippen LogP contribution is -2.47. The van der Waals surface area contributed by atoms with Crippen molar-refractivity contribution in [2.45, 2.75) is 53.7 Å². The third-order valence-corrected chi connectivity index (χ3v) is 6.27. The van der Waals surface area contributed by atoms with Crippen molar-refractivity contribution in [3.8, 4) is 0 Å². The van der Waals surface area contributed by atoms with E-state index in [1.165, 1.54) is 18.9 Å². The van der Waals surface area contributed by atoms with E-state index in [9.17, 15) is 9.59 Å². The minimum Gasteiger partial charge on any atom is -0.447 e. The molecule has 1 saturated heterocycles. The van der Waals surface area contributed by atoms with Crippen LogP contribution in [0.5, 0.6) is 0 Å². The Hall–Kier alpha value is -3.60. The molecule has 0 aliphatic carbocycles. The van der Waals surface area contributed by atoms with Crippen LogP contribution in [0.3, 0.4) is 0 Å². The predicted octanol–water partition coefficient (Wildman–Crippen LogP) is 5.34. The number of methoxy groups -OCH3 is 1. The van der Waals surface area contributed by atoms with Crippen molar-refractivity contribution in [1.29, 1.82) is 0 Å². The molecule has 4 N–H and O–H groups in total. The zero-order chi connectivity index (χ0) is 33.5. The van der Waals surface area contributed by atoms with Gasteiger partial charge in [-0.15, -0.1) is 6.58 Å². The van der Waals surface area contributed by atoms with Crippen molar-refractivity contribution in [2.24, 2.45) is 18.7 Å². The van der Waals surface area contributed by atoms with E-state index in [-0.39, 0.29) is 24.7 Å². The summed E-state index contributed by atoms with van der Waals surface area (Å²) in [4.78, 5) is 27.9. The quantitative estimate of drug-likeness (QED) is 0.319. The topological polar surface area (TPSA) is 124 Å². The van der Waals surface area contributed by atoms with Gasteiger partial charge in [0.1, 0.15) is 6.61 Å². The Kier molecular flexibility index (Phi) is 21.9. The zero-order valence-electron chi connectivity index (χ0n) is 27.6. The number of hydrogen-bond donors (Lipinski definition) is 3. The molecule has 44 heavy (non-hydrogen) atoms. The molecule has 1 fully saturated rings. The first kappa shape index (κ1) is 40.4. The van der Waals surface area contributed by atoms with E-state index in [1.807, 2.05) is 57.5 Å². The molecular weight excluding hydrogens is 580 g/mol. The van der Waals surface area contributed by atoms with Gasteiger partial charge in [-0.05, 0) is 69.5 Å². The second-order valence-electron chi connectivity index (χ2n) is 10.4. The van der Waals surface area contributed by atoms with Crippen LogP contribution in [-0.4, -0.2) is 72.5 Å². The Morgan fingerprint density at radius 2 is 1.89 bits per heavy atom. The SMILES string of the molecule is C/C=C\N.C=CC(C)Cc1ccc(Cl)cc1C(=C)C.CC(C)OC(=O)N1CCNCC1.COCC(=O)NCc1cncn1C. The Morgan fingerprint density at radius 3 is 2.36 bits per heavy atom. The zero-order valence-corrected chi connectivity index (χ0v) is 28.3. The van der Waals surface area contributed by atoms with Gasteiger partial charge in [0.15, 0.2) is 0 Å². The van der Waals surface area contributed by atoms with E-state index in [1.54, 1.807) is 23.5 Å². The lowest BCUT2D eigenvalue weighted by molar-refractivity contribution is -0.124. The Balaban J connectivity index is 0.000000596. The molecule has 246 valence electrons. The van der Waals surface area contributed by atoms with Gasteiger partial charge in [-0.1, -0.05) is 48.9 Å². The van der Waals surface area contributed by atoms with Gasteiger partial charge in [0, 0.05) is 51.6 Å². The number of piperazine rings is 1. The Bertz CT molecular complexity index is 1150. The van der Waals surface area contributed by atoms with Crippen LogP contribution in [0.1, 0.15) is 51.4 Å². The van der Waals surface area contributed by atoms with E-state index in [4.69, 9.17) is 22.1 Å². The maximum absolute atomic E-state index is 11.3. The highest BCUT2D eigenvalue weighted by Gasteiger charge is 2.17. The largest absolute Gasteiger partial charge is 0.447 e. The number of amides is 2. The number of nitrogens with zero attached hydrogens (tertiary/aromatic N) is 3. The first-order valence-corrected chi connectivity index (χ1v) is 15.0. The van der Waals surface area contributed by atoms with Gasteiger partial charge in [-0.3, -0.25) is 4.79 Å². The molecule has 0 saturated carbocycles. The molecule has 1 unspecified atom stereocenters. The molecule has 2 aromatic rings. The highest BCUT2D eigenvalue weighted by atomic mass is 35.5. The summed E-state index contributed by atoms with van der Waals surface area (Å²) in [5.74, 6) is 0.355. The number of allylic oxidation sites excluding steroid dienone is 3. The van der Waals surface area contributed by atoms with Crippen LogP contribution in [0.15, 0.2) is 62.2 Å². The number of halogens is 1. The first-order chi connectivity index (χ1) is 20.9. The van der Waals surface area contributed by atoms with E-state index >= 15 is 0 Å². The van der Waals surface area contributed by atoms with E-state index in [0.29, 0.717) is 12.5 Å². The molecule has 1 aromatic carbocycles. The minimum absolute atomic E-state index is 0.0209. The smallest absolute Gasteiger partial charge is 0.410 e. The molecule has 1 atom stereocenters. The summed E-state index contributed by atoms with van der Waals surface area (Å²) >= 11 is 5.97. The van der Waals surface area contributed by atoms with Crippen molar-refractivity contribution in [3.05, 3.63) is 84.1 Å². The highest BCUT2D eigenvalue weighted by molar-refractivity contribution is 6.30. The number of imidazole rings is 1. The fourth-order valence-electron chi connectivity index (χ4n) is 3.60. The minimum atomic E-state index is -0.188. The lowest BCUT2D eigenvalue weighted by Gasteiger charge is -2.27. The third-order valence-electron chi connectivity index (χ3n) is 6.04. The van der Waals surface area contributed by atoms with Crippen LogP contribution in [0.4, 0.5) is 4.79 Å². The molecule has 1 aliphatic heterocycles. The normalized spacial score (nSPS) is 12.9. The average Bonchev–Trinajstić information content (AvgIpc) is 3.42. The number of carbonyl (C=O) groups excluding carboxylic acids is 2. The van der Waals surface area contributed by atoms with E-state index in [0.717, 1.165) is 54.5 Å². The molecule has 0 spiro atoms. The van der Waals surface area contributed by atoms with Gasteiger partial charge in [0.2, 0.25) is 5.91 Å². The van der Waals surface area contributed by atoms with Gasteiger partial charge >= 0.3 is 6.09 Å². The number of carbonyl (C=O) groups is 2. The Morgan fingerprint density at radius 1 is 1.25 bits per heavy atom. The maximum Gasteiger partial charge on any atom is 0.410 e. The van der Waals surface area contributed by atoms with Crippen molar-refractivity contribution in [1.82, 2.24) is 25.1 Å². The van der Waals surface area contributed by atoms with Crippen LogP contribution < -0.4 is 16.4 Å². The number of nitrogens with two attached hydrogens (primary N) is 1. The van der Waals surface area contributed by atoms with Gasteiger partial charge in [-0.2, -0.15) is 0 Å². The first-order valence-electron chi connectivity index (χ1n) is 14.7. The number of rotatable bonds is 9. The summed E-state index contributed by atoms with van der Waals surface area (Å²) in [7, 11) is 3.37. The van der Waals surface area contributed by atoms with E-state index < -0.39 is 0 Å². The molecule has 1 aliphatic rings. The van der Waals surface area contributed by atoms with Crippen LogP contribution in [0.25, 0.3) is 5.57 Å². The predicted molar refractivity (Wildman–Crippen MR) is 181 cm³/mol. The summed E-state index contributed by atoms with van der Waals surface area (Å²) in [5.41, 5.74) is 9.32. The summed E-state index contributed by atoms with van der Waals surface area (Å²) in [5, 5.41) is 6.64. The van der Waals surface area contributed by atoms with Gasteiger partial charge in [-0.25, -0.2) is 9.78 Å². The van der Waals surface area contributed by atoms with Crippen molar-refractivity contribution >= 4 is 29.2 Å². The summed E-state index contributed by atoms with van der Waals surface area (Å²) in [6.45, 7) is 21.4. The fourth-order valence-corrected chi connectivity index (χ4v) is 3.78. The molecule has 1 aromatic heterocycles. The molecule has 2 heterocycles.